The van der Waals surface area contributed by atoms with Crippen molar-refractivity contribution < 1.29 is 14.3 Å². The second kappa shape index (κ2) is 6.97. The maximum atomic E-state index is 12.0. The minimum Gasteiger partial charge on any atom is -0.481 e. The zero-order chi connectivity index (χ0) is 20.8. The number of nitrogens with two attached hydrogens (primary N) is 1. The Morgan fingerprint density at radius 2 is 2.00 bits per heavy atom. The van der Waals surface area contributed by atoms with Crippen molar-refractivity contribution in [1.29, 1.82) is 0 Å². The molecule has 0 saturated carbocycles. The van der Waals surface area contributed by atoms with E-state index in [-0.39, 0.29) is 12.1 Å². The maximum absolute atomic E-state index is 12.0. The second-order valence-corrected chi connectivity index (χ2v) is 7.75. The maximum Gasteiger partial charge on any atom is 0.340 e. The van der Waals surface area contributed by atoms with Gasteiger partial charge in [-0.1, -0.05) is 0 Å². The fourth-order valence-corrected chi connectivity index (χ4v) is 3.46. The van der Waals surface area contributed by atoms with Gasteiger partial charge in [-0.2, -0.15) is 0 Å². The highest BCUT2D eigenvalue weighted by molar-refractivity contribution is 5.93. The molecule has 0 bridgehead atoms. The number of carbonyl (C=O) groups is 1. The Hall–Kier alpha value is -3.26. The van der Waals surface area contributed by atoms with Crippen LogP contribution in [0.2, 0.25) is 0 Å². The summed E-state index contributed by atoms with van der Waals surface area (Å²) in [6.45, 7) is 5.70. The van der Waals surface area contributed by atoms with Gasteiger partial charge in [0, 0.05) is 24.4 Å². The lowest BCUT2D eigenvalue weighted by Gasteiger charge is -2.22. The summed E-state index contributed by atoms with van der Waals surface area (Å²) < 4.78 is 10.6. The molecule has 150 valence electrons. The molecule has 1 aliphatic heterocycles. The Morgan fingerprint density at radius 1 is 1.21 bits per heavy atom. The smallest absolute Gasteiger partial charge is 0.340 e. The number of fused-ring (bicyclic) bond motifs is 2. The van der Waals surface area contributed by atoms with Crippen molar-refractivity contribution >= 4 is 28.4 Å². The number of hydrogen-bond acceptors (Lipinski definition) is 8. The van der Waals surface area contributed by atoms with Gasteiger partial charge in [0.15, 0.2) is 0 Å². The molecule has 0 aromatic carbocycles. The molecule has 0 aliphatic carbocycles. The Balaban J connectivity index is 1.74. The monoisotopic (exact) mass is 393 g/mol. The van der Waals surface area contributed by atoms with Crippen LogP contribution in [-0.4, -0.2) is 34.1 Å². The van der Waals surface area contributed by atoms with Gasteiger partial charge in [0.25, 0.3) is 0 Å². The molecule has 0 amide bonds. The van der Waals surface area contributed by atoms with E-state index in [1.54, 1.807) is 31.6 Å². The summed E-state index contributed by atoms with van der Waals surface area (Å²) in [7, 11) is 1.57. The van der Waals surface area contributed by atoms with E-state index in [1.165, 1.54) is 0 Å². The number of ether oxygens (including phenoxy) is 2. The van der Waals surface area contributed by atoms with Crippen molar-refractivity contribution in [1.82, 2.24) is 15.0 Å². The molecular weight excluding hydrogens is 370 g/mol. The molecule has 0 saturated heterocycles. The minimum atomic E-state index is -0.587. The van der Waals surface area contributed by atoms with Crippen LogP contribution in [0.1, 0.15) is 42.4 Å². The number of rotatable bonds is 4. The van der Waals surface area contributed by atoms with Crippen LogP contribution in [-0.2, 0) is 16.7 Å². The van der Waals surface area contributed by atoms with Gasteiger partial charge in [-0.3, -0.25) is 0 Å². The molecule has 3 N–H and O–H groups in total. The van der Waals surface area contributed by atoms with Gasteiger partial charge in [-0.15, -0.1) is 0 Å². The molecule has 0 radical (unpaired) electrons. The van der Waals surface area contributed by atoms with Gasteiger partial charge in [-0.25, -0.2) is 19.7 Å². The van der Waals surface area contributed by atoms with E-state index < -0.39 is 5.54 Å². The molecule has 1 atom stereocenters. The zero-order valence-electron chi connectivity index (χ0n) is 16.8. The number of nitrogens with one attached hydrogen (secondary N) is 1. The number of anilines is 2. The lowest BCUT2D eigenvalue weighted by atomic mass is 9.93. The first-order chi connectivity index (χ1) is 13.8. The normalized spacial score (nSPS) is 16.3. The van der Waals surface area contributed by atoms with Crippen molar-refractivity contribution in [3.05, 3.63) is 47.4 Å². The summed E-state index contributed by atoms with van der Waals surface area (Å²) in [5.74, 6) is 1.37. The van der Waals surface area contributed by atoms with Crippen molar-refractivity contribution in [3.8, 4) is 5.88 Å². The molecule has 1 aliphatic rings. The topological polar surface area (TPSA) is 112 Å². The molecule has 0 fully saturated rings. The average molecular weight is 393 g/mol. The van der Waals surface area contributed by atoms with Crippen LogP contribution in [0.15, 0.2) is 30.6 Å². The minimum absolute atomic E-state index is 0.189. The number of hydrogen-bond donors (Lipinski definition) is 2. The average Bonchev–Trinajstić information content (AvgIpc) is 2.65. The molecule has 4 heterocycles. The summed E-state index contributed by atoms with van der Waals surface area (Å²) >= 11 is 0. The van der Waals surface area contributed by atoms with Crippen molar-refractivity contribution in [3.63, 3.8) is 0 Å². The first-order valence-corrected chi connectivity index (χ1v) is 9.36. The van der Waals surface area contributed by atoms with Gasteiger partial charge < -0.3 is 20.5 Å². The van der Waals surface area contributed by atoms with E-state index in [0.29, 0.717) is 35.2 Å². The predicted molar refractivity (Wildman–Crippen MR) is 109 cm³/mol. The summed E-state index contributed by atoms with van der Waals surface area (Å²) in [5, 5.41) is 4.90. The summed E-state index contributed by atoms with van der Waals surface area (Å²) in [6, 6.07) is 5.37. The number of methoxy groups -OCH3 is 1. The molecule has 3 aromatic rings. The molecule has 29 heavy (non-hydrogen) atoms. The molecule has 8 nitrogen and oxygen atoms in total. The largest absolute Gasteiger partial charge is 0.481 e. The van der Waals surface area contributed by atoms with Gasteiger partial charge in [0.1, 0.15) is 17.7 Å². The standard InChI is InChI=1S/C21H23N5O3/c1-11-7-16-12(20(27)29-11)5-6-17(25-16)26-18-8-13-14(9-23-18)19(28-4)24-10-15(13)21(2,3)22/h5-6,8-11H,7,22H2,1-4H3,(H,23,25,26)/t11-/m0/s1. The lowest BCUT2D eigenvalue weighted by molar-refractivity contribution is 0.0297. The molecule has 0 spiro atoms. The quantitative estimate of drug-likeness (QED) is 0.651. The van der Waals surface area contributed by atoms with Crippen LogP contribution in [0, 0.1) is 0 Å². The Labute approximate surface area is 168 Å². The van der Waals surface area contributed by atoms with Crippen LogP contribution in [0.3, 0.4) is 0 Å². The molecule has 3 aromatic heterocycles. The van der Waals surface area contributed by atoms with Crippen molar-refractivity contribution in [2.75, 3.05) is 12.4 Å². The van der Waals surface area contributed by atoms with Crippen LogP contribution in [0.25, 0.3) is 10.8 Å². The van der Waals surface area contributed by atoms with E-state index in [9.17, 15) is 4.79 Å². The van der Waals surface area contributed by atoms with E-state index >= 15 is 0 Å². The summed E-state index contributed by atoms with van der Waals surface area (Å²) in [6.07, 6.45) is 3.83. The van der Waals surface area contributed by atoms with E-state index in [2.05, 4.69) is 20.3 Å². The predicted octanol–water partition coefficient (Wildman–Crippen LogP) is 3.07. The fourth-order valence-electron chi connectivity index (χ4n) is 3.46. The number of pyridine rings is 3. The van der Waals surface area contributed by atoms with E-state index in [0.717, 1.165) is 16.3 Å². The second-order valence-electron chi connectivity index (χ2n) is 7.75. The summed E-state index contributed by atoms with van der Waals surface area (Å²) in [4.78, 5) is 25.4. The summed E-state index contributed by atoms with van der Waals surface area (Å²) in [5.41, 5.74) is 7.86. The zero-order valence-corrected chi connectivity index (χ0v) is 16.8. The third-order valence-electron chi connectivity index (χ3n) is 4.86. The van der Waals surface area contributed by atoms with Gasteiger partial charge in [0.05, 0.1) is 23.8 Å². The number of cyclic esters (lactones) is 1. The Morgan fingerprint density at radius 3 is 2.72 bits per heavy atom. The first-order valence-electron chi connectivity index (χ1n) is 9.36. The highest BCUT2D eigenvalue weighted by Gasteiger charge is 2.25. The number of aromatic nitrogens is 3. The SMILES string of the molecule is COc1ncc(C(C)(C)N)c2cc(Nc3ccc4c(n3)C[C@H](C)OC4=O)ncc12. The number of carbonyl (C=O) groups excluding carboxylic acids is 1. The third-order valence-corrected chi connectivity index (χ3v) is 4.86. The Bertz CT molecular complexity index is 1110. The number of esters is 1. The van der Waals surface area contributed by atoms with Gasteiger partial charge >= 0.3 is 5.97 Å². The molecule has 8 heteroatoms. The van der Waals surface area contributed by atoms with E-state index in [4.69, 9.17) is 15.2 Å². The number of nitrogens with zero attached hydrogens (tertiary/aromatic N) is 3. The van der Waals surface area contributed by atoms with Crippen molar-refractivity contribution in [2.24, 2.45) is 5.73 Å². The van der Waals surface area contributed by atoms with Gasteiger partial charge in [-0.05, 0) is 49.9 Å². The third kappa shape index (κ3) is 3.58. The molecule has 4 rings (SSSR count). The highest BCUT2D eigenvalue weighted by atomic mass is 16.5. The van der Waals surface area contributed by atoms with Crippen LogP contribution >= 0.6 is 0 Å². The fraction of sp³-hybridized carbons (Fsp3) is 0.333. The van der Waals surface area contributed by atoms with E-state index in [1.807, 2.05) is 26.8 Å². The van der Waals surface area contributed by atoms with Crippen LogP contribution in [0.4, 0.5) is 11.6 Å². The van der Waals surface area contributed by atoms with Crippen LogP contribution < -0.4 is 15.8 Å². The van der Waals surface area contributed by atoms with Crippen molar-refractivity contribution in [2.45, 2.75) is 38.8 Å². The molecule has 0 unspecified atom stereocenters. The first kappa shape index (κ1) is 19.1. The van der Waals surface area contributed by atoms with Gasteiger partial charge in [0.2, 0.25) is 5.88 Å². The Kier molecular flexibility index (Phi) is 4.58. The highest BCUT2D eigenvalue weighted by Crippen LogP contribution is 2.32. The van der Waals surface area contributed by atoms with Crippen LogP contribution in [0.5, 0.6) is 5.88 Å². The lowest BCUT2D eigenvalue weighted by Crippen LogP contribution is -2.29. The molecular formula is C21H23N5O3.